The Hall–Kier alpha value is -0.790. The lowest BCUT2D eigenvalue weighted by molar-refractivity contribution is -0.232. The van der Waals surface area contributed by atoms with Crippen LogP contribution in [0.25, 0.3) is 0 Å². The Labute approximate surface area is 282 Å². The third-order valence-corrected chi connectivity index (χ3v) is 18.4. The summed E-state index contributed by atoms with van der Waals surface area (Å²) in [5.74, 6) is 4.82. The highest BCUT2D eigenvalue weighted by atomic mass is 32.2. The van der Waals surface area contributed by atoms with Gasteiger partial charge in [0, 0.05) is 59.9 Å². The van der Waals surface area contributed by atoms with Crippen molar-refractivity contribution in [3.05, 3.63) is 0 Å². The van der Waals surface area contributed by atoms with Crippen LogP contribution >= 0.6 is 0 Å². The molecule has 6 saturated carbocycles. The first kappa shape index (κ1) is 33.7. The van der Waals surface area contributed by atoms with Crippen LogP contribution in [0.15, 0.2) is 0 Å². The van der Waals surface area contributed by atoms with Crippen LogP contribution in [0.1, 0.15) is 119 Å². The van der Waals surface area contributed by atoms with Crippen molar-refractivity contribution >= 4 is 23.1 Å². The molecule has 6 nitrogen and oxygen atoms in total. The number of hydrogen-bond acceptors (Lipinski definition) is 6. The standard InChI is InChI=1S/C39H64N2O4S/c1-26-28-11-15-38(6)33(36(28,4)14-12-32(26)45-34(43)31-24-27(25-42)35(31,2)3)10-9-29-30-8-7-13-39(30,17-16-37(29,38)5)40-18-19-41-20-22-46(44)23-21-41/h25-33,40H,7-24H2,1-6H3/t26?,27?,28?,29?,30-,31?,32?,33?,36?,37-,38?,39?/m1/s1. The molecule has 7 aliphatic rings. The fourth-order valence-corrected chi connectivity index (χ4v) is 14.9. The molecule has 46 heavy (non-hydrogen) atoms. The summed E-state index contributed by atoms with van der Waals surface area (Å²) in [7, 11) is -0.601. The molecule has 260 valence electrons. The third kappa shape index (κ3) is 4.99. The zero-order valence-corrected chi connectivity index (χ0v) is 30.7. The Bertz CT molecular complexity index is 1210. The molecule has 0 spiro atoms. The zero-order chi connectivity index (χ0) is 32.7. The van der Waals surface area contributed by atoms with Gasteiger partial charge in [0.15, 0.2) is 0 Å². The summed E-state index contributed by atoms with van der Waals surface area (Å²) >= 11 is 0. The van der Waals surface area contributed by atoms with E-state index in [4.69, 9.17) is 4.74 Å². The first-order valence-corrected chi connectivity index (χ1v) is 20.8. The van der Waals surface area contributed by atoms with Crippen molar-refractivity contribution in [2.45, 2.75) is 130 Å². The molecule has 7 rings (SSSR count). The predicted octanol–water partition coefficient (Wildman–Crippen LogP) is 6.63. The number of esters is 1. The van der Waals surface area contributed by atoms with E-state index < -0.39 is 10.8 Å². The van der Waals surface area contributed by atoms with Gasteiger partial charge in [0.05, 0.1) is 5.92 Å². The summed E-state index contributed by atoms with van der Waals surface area (Å²) in [4.78, 5) is 27.3. The lowest BCUT2D eigenvalue weighted by Crippen LogP contribution is -2.67. The lowest BCUT2D eigenvalue weighted by Gasteiger charge is -2.71. The van der Waals surface area contributed by atoms with Crippen LogP contribution in [0.2, 0.25) is 0 Å². The Balaban J connectivity index is 1.03. The van der Waals surface area contributed by atoms with E-state index in [-0.39, 0.29) is 29.3 Å². The van der Waals surface area contributed by atoms with Gasteiger partial charge in [0.2, 0.25) is 0 Å². The van der Waals surface area contributed by atoms with Crippen LogP contribution in [0, 0.1) is 63.1 Å². The molecule has 7 heteroatoms. The molecule has 1 saturated heterocycles. The van der Waals surface area contributed by atoms with Gasteiger partial charge in [-0.05, 0) is 122 Å². The summed E-state index contributed by atoms with van der Waals surface area (Å²) < 4.78 is 18.2. The Morgan fingerprint density at radius 3 is 2.37 bits per heavy atom. The highest BCUT2D eigenvalue weighted by molar-refractivity contribution is 7.85. The van der Waals surface area contributed by atoms with Crippen LogP contribution < -0.4 is 5.32 Å². The second kappa shape index (κ2) is 11.9. The monoisotopic (exact) mass is 656 g/mol. The number of nitrogens with one attached hydrogen (secondary N) is 1. The molecule has 10 unspecified atom stereocenters. The molecule has 1 heterocycles. The second-order valence-electron chi connectivity index (χ2n) is 18.7. The molecule has 0 bridgehead atoms. The van der Waals surface area contributed by atoms with Crippen LogP contribution in [0.3, 0.4) is 0 Å². The van der Waals surface area contributed by atoms with Crippen molar-refractivity contribution < 1.29 is 18.5 Å². The van der Waals surface area contributed by atoms with E-state index in [1.165, 1.54) is 64.2 Å². The molecule has 6 aliphatic carbocycles. The van der Waals surface area contributed by atoms with Gasteiger partial charge in [-0.3, -0.25) is 9.00 Å². The van der Waals surface area contributed by atoms with Crippen molar-refractivity contribution in [2.75, 3.05) is 37.7 Å². The van der Waals surface area contributed by atoms with E-state index in [1.54, 1.807) is 0 Å². The minimum Gasteiger partial charge on any atom is -0.462 e. The summed E-state index contributed by atoms with van der Waals surface area (Å²) in [5.41, 5.74) is 1.10. The molecule has 0 amide bonds. The highest BCUT2D eigenvalue weighted by Gasteiger charge is 2.69. The van der Waals surface area contributed by atoms with E-state index in [9.17, 15) is 13.8 Å². The number of rotatable bonds is 7. The predicted molar refractivity (Wildman–Crippen MR) is 185 cm³/mol. The minimum atomic E-state index is -0.601. The van der Waals surface area contributed by atoms with E-state index >= 15 is 0 Å². The Morgan fingerprint density at radius 2 is 1.65 bits per heavy atom. The van der Waals surface area contributed by atoms with E-state index in [0.29, 0.717) is 40.0 Å². The largest absolute Gasteiger partial charge is 0.462 e. The van der Waals surface area contributed by atoms with Crippen molar-refractivity contribution in [2.24, 2.45) is 63.1 Å². The van der Waals surface area contributed by atoms with Crippen LogP contribution in [0.4, 0.5) is 0 Å². The van der Waals surface area contributed by atoms with Gasteiger partial charge in [-0.15, -0.1) is 0 Å². The first-order valence-electron chi connectivity index (χ1n) is 19.3. The second-order valence-corrected chi connectivity index (χ2v) is 20.4. The number of carbonyl (C=O) groups excluding carboxylic acids is 2. The van der Waals surface area contributed by atoms with Gasteiger partial charge in [-0.1, -0.05) is 48.0 Å². The number of hydrogen-bond donors (Lipinski definition) is 1. The molecular weight excluding hydrogens is 593 g/mol. The lowest BCUT2D eigenvalue weighted by atomic mass is 9.34. The molecule has 0 aromatic heterocycles. The molecule has 1 N–H and O–H groups in total. The summed E-state index contributed by atoms with van der Waals surface area (Å²) in [6, 6.07) is 0. The topological polar surface area (TPSA) is 75.7 Å². The minimum absolute atomic E-state index is 0.0138. The zero-order valence-electron chi connectivity index (χ0n) is 29.9. The summed E-state index contributed by atoms with van der Waals surface area (Å²) in [5, 5.41) is 4.22. The van der Waals surface area contributed by atoms with Gasteiger partial charge < -0.3 is 19.7 Å². The fraction of sp³-hybridized carbons (Fsp3) is 0.949. The van der Waals surface area contributed by atoms with Gasteiger partial charge in [-0.25, -0.2) is 0 Å². The van der Waals surface area contributed by atoms with Gasteiger partial charge >= 0.3 is 5.97 Å². The summed E-state index contributed by atoms with van der Waals surface area (Å²) in [6.45, 7) is 18.7. The van der Waals surface area contributed by atoms with Gasteiger partial charge in [0.1, 0.15) is 12.4 Å². The third-order valence-electron chi connectivity index (χ3n) is 17.1. The molecule has 12 atom stereocenters. The van der Waals surface area contributed by atoms with Crippen molar-refractivity contribution in [1.82, 2.24) is 10.2 Å². The SMILES string of the molecule is CC1C(OC(=O)C2CC(C=O)C2(C)C)CCC2(C)C1CCC1(C)C2CCC2[C@H]3CCCC3(NCCN3CCS(=O)CC3)CC[C@]21C. The van der Waals surface area contributed by atoms with E-state index in [2.05, 4.69) is 51.8 Å². The number of ether oxygens (including phenoxy) is 1. The van der Waals surface area contributed by atoms with Crippen molar-refractivity contribution in [3.63, 3.8) is 0 Å². The van der Waals surface area contributed by atoms with E-state index in [0.717, 1.165) is 68.1 Å². The Kier molecular flexibility index (Phi) is 8.73. The Morgan fingerprint density at radius 1 is 0.891 bits per heavy atom. The van der Waals surface area contributed by atoms with Gasteiger partial charge in [0.25, 0.3) is 0 Å². The number of nitrogens with zero attached hydrogens (tertiary/aromatic N) is 1. The maximum atomic E-state index is 13.4. The van der Waals surface area contributed by atoms with Crippen LogP contribution in [0.5, 0.6) is 0 Å². The van der Waals surface area contributed by atoms with Crippen molar-refractivity contribution in [3.8, 4) is 0 Å². The maximum absolute atomic E-state index is 13.4. The molecule has 0 aromatic carbocycles. The van der Waals surface area contributed by atoms with Crippen LogP contribution in [-0.4, -0.2) is 70.7 Å². The average molecular weight is 657 g/mol. The molecule has 0 radical (unpaired) electrons. The average Bonchev–Trinajstić information content (AvgIpc) is 3.44. The normalized spacial score (nSPS) is 50.3. The van der Waals surface area contributed by atoms with Crippen molar-refractivity contribution in [1.29, 1.82) is 0 Å². The smallest absolute Gasteiger partial charge is 0.309 e. The summed E-state index contributed by atoms with van der Waals surface area (Å²) in [6.07, 6.45) is 16.0. The van der Waals surface area contributed by atoms with Crippen LogP contribution in [-0.2, 0) is 25.1 Å². The molecule has 7 fully saturated rings. The van der Waals surface area contributed by atoms with Gasteiger partial charge in [-0.2, -0.15) is 0 Å². The van der Waals surface area contributed by atoms with E-state index in [1.807, 2.05) is 0 Å². The number of aldehydes is 1. The maximum Gasteiger partial charge on any atom is 0.309 e. The molecule has 1 aliphatic heterocycles. The fourth-order valence-electron chi connectivity index (χ4n) is 13.8. The molecular formula is C39H64N2O4S. The molecule has 0 aromatic rings. The number of fused-ring (bicyclic) bond motifs is 7. The number of carbonyl (C=O) groups is 2. The quantitative estimate of drug-likeness (QED) is 0.245. The highest BCUT2D eigenvalue weighted by Crippen LogP contribution is 2.75. The first-order chi connectivity index (χ1) is 21.8.